The van der Waals surface area contributed by atoms with Gasteiger partial charge in [0.25, 0.3) is 11.5 Å². The first-order chi connectivity index (χ1) is 12.1. The molecule has 25 heavy (non-hydrogen) atoms. The van der Waals surface area contributed by atoms with Crippen LogP contribution >= 0.6 is 0 Å². The zero-order valence-corrected chi connectivity index (χ0v) is 14.2. The second-order valence-electron chi connectivity index (χ2n) is 5.80. The number of aryl methyl sites for hydroxylation is 1. The fourth-order valence-corrected chi connectivity index (χ4v) is 2.49. The van der Waals surface area contributed by atoms with Gasteiger partial charge >= 0.3 is 0 Å². The minimum atomic E-state index is -0.373. The molecule has 0 aliphatic rings. The van der Waals surface area contributed by atoms with E-state index in [1.807, 2.05) is 31.2 Å². The molecule has 0 bridgehead atoms. The van der Waals surface area contributed by atoms with Crippen molar-refractivity contribution in [1.29, 1.82) is 0 Å². The third-order valence-corrected chi connectivity index (χ3v) is 3.88. The SMILES string of the molecule is Cc1cccc(OCCN(C)C(=O)c2cnc3ccccn3c2=O)c1. The summed E-state index contributed by atoms with van der Waals surface area (Å²) < 4.78 is 7.02. The van der Waals surface area contributed by atoms with E-state index in [0.29, 0.717) is 18.8 Å². The summed E-state index contributed by atoms with van der Waals surface area (Å²) in [5.74, 6) is 0.386. The van der Waals surface area contributed by atoms with Crippen LogP contribution in [0.2, 0.25) is 0 Å². The lowest BCUT2D eigenvalue weighted by Gasteiger charge is -2.17. The standard InChI is InChI=1S/C19H19N3O3/c1-14-6-5-7-15(12-14)25-11-10-21(2)18(23)16-13-20-17-8-3-4-9-22(17)19(16)24/h3-9,12-13H,10-11H2,1-2H3. The Kier molecular flexibility index (Phi) is 4.79. The van der Waals surface area contributed by atoms with Gasteiger partial charge in [-0.1, -0.05) is 18.2 Å². The van der Waals surface area contributed by atoms with Crippen LogP contribution in [-0.2, 0) is 0 Å². The molecule has 0 fully saturated rings. The van der Waals surface area contributed by atoms with Gasteiger partial charge in [-0.3, -0.25) is 14.0 Å². The lowest BCUT2D eigenvalue weighted by atomic mass is 10.2. The summed E-state index contributed by atoms with van der Waals surface area (Å²) in [6.45, 7) is 2.69. The number of aromatic nitrogens is 2. The summed E-state index contributed by atoms with van der Waals surface area (Å²) in [5, 5.41) is 0. The highest BCUT2D eigenvalue weighted by Gasteiger charge is 2.17. The van der Waals surface area contributed by atoms with Gasteiger partial charge in [0, 0.05) is 19.4 Å². The number of carbonyl (C=O) groups excluding carboxylic acids is 1. The van der Waals surface area contributed by atoms with Crippen molar-refractivity contribution in [3.63, 3.8) is 0 Å². The molecule has 1 amide bonds. The molecule has 6 nitrogen and oxygen atoms in total. The molecule has 2 heterocycles. The Bertz CT molecular complexity index is 965. The molecule has 0 N–H and O–H groups in total. The van der Waals surface area contributed by atoms with Crippen LogP contribution in [-0.4, -0.2) is 40.4 Å². The van der Waals surface area contributed by atoms with Gasteiger partial charge in [-0.05, 0) is 36.8 Å². The summed E-state index contributed by atoms with van der Waals surface area (Å²) in [6.07, 6.45) is 2.93. The molecule has 128 valence electrons. The van der Waals surface area contributed by atoms with E-state index in [9.17, 15) is 9.59 Å². The zero-order chi connectivity index (χ0) is 17.8. The van der Waals surface area contributed by atoms with E-state index in [0.717, 1.165) is 11.3 Å². The molecular formula is C19H19N3O3. The van der Waals surface area contributed by atoms with Gasteiger partial charge in [-0.2, -0.15) is 0 Å². The maximum Gasteiger partial charge on any atom is 0.270 e. The van der Waals surface area contributed by atoms with E-state index in [-0.39, 0.29) is 17.0 Å². The molecule has 0 unspecified atom stereocenters. The predicted octanol–water partition coefficient (Wildman–Crippen LogP) is 2.15. The van der Waals surface area contributed by atoms with Crippen molar-refractivity contribution in [3.05, 3.63) is 76.3 Å². The lowest BCUT2D eigenvalue weighted by Crippen LogP contribution is -2.35. The lowest BCUT2D eigenvalue weighted by molar-refractivity contribution is 0.0771. The fourth-order valence-electron chi connectivity index (χ4n) is 2.49. The van der Waals surface area contributed by atoms with Gasteiger partial charge in [-0.25, -0.2) is 4.98 Å². The molecule has 0 saturated carbocycles. The summed E-state index contributed by atoms with van der Waals surface area (Å²) in [4.78, 5) is 30.6. The Labute approximate surface area is 145 Å². The number of amides is 1. The van der Waals surface area contributed by atoms with E-state index in [4.69, 9.17) is 4.74 Å². The second-order valence-corrected chi connectivity index (χ2v) is 5.80. The Morgan fingerprint density at radius 3 is 2.88 bits per heavy atom. The molecular weight excluding hydrogens is 318 g/mol. The van der Waals surface area contributed by atoms with Crippen molar-refractivity contribution < 1.29 is 9.53 Å². The topological polar surface area (TPSA) is 63.9 Å². The number of hydrogen-bond donors (Lipinski definition) is 0. The highest BCUT2D eigenvalue weighted by Crippen LogP contribution is 2.12. The summed E-state index contributed by atoms with van der Waals surface area (Å²) in [5.41, 5.74) is 1.29. The molecule has 2 aromatic heterocycles. The minimum absolute atomic E-state index is 0.0433. The molecule has 1 aromatic carbocycles. The van der Waals surface area contributed by atoms with Crippen LogP contribution < -0.4 is 10.3 Å². The molecule has 0 aliphatic heterocycles. The van der Waals surface area contributed by atoms with Crippen LogP contribution in [0.15, 0.2) is 59.7 Å². The Morgan fingerprint density at radius 1 is 1.24 bits per heavy atom. The van der Waals surface area contributed by atoms with E-state index in [1.54, 1.807) is 31.4 Å². The number of hydrogen-bond acceptors (Lipinski definition) is 4. The van der Waals surface area contributed by atoms with Crippen LogP contribution in [0.1, 0.15) is 15.9 Å². The molecule has 0 aliphatic carbocycles. The Morgan fingerprint density at radius 2 is 2.08 bits per heavy atom. The first-order valence-corrected chi connectivity index (χ1v) is 7.97. The smallest absolute Gasteiger partial charge is 0.270 e. The van der Waals surface area contributed by atoms with Crippen molar-refractivity contribution in [3.8, 4) is 5.75 Å². The molecule has 0 spiro atoms. The normalized spacial score (nSPS) is 10.6. The number of benzene rings is 1. The van der Waals surface area contributed by atoms with E-state index in [2.05, 4.69) is 4.98 Å². The monoisotopic (exact) mass is 337 g/mol. The number of likely N-dealkylation sites (N-methyl/N-ethyl adjacent to an activating group) is 1. The quantitative estimate of drug-likeness (QED) is 0.716. The highest BCUT2D eigenvalue weighted by atomic mass is 16.5. The molecule has 0 saturated heterocycles. The molecule has 6 heteroatoms. The van der Waals surface area contributed by atoms with Gasteiger partial charge in [0.15, 0.2) is 0 Å². The van der Waals surface area contributed by atoms with Crippen LogP contribution in [0.4, 0.5) is 0 Å². The maximum absolute atomic E-state index is 12.5. The number of nitrogens with zero attached hydrogens (tertiary/aromatic N) is 3. The molecule has 0 atom stereocenters. The average Bonchev–Trinajstić information content (AvgIpc) is 2.62. The van der Waals surface area contributed by atoms with Gasteiger partial charge in [0.05, 0.1) is 6.54 Å². The van der Waals surface area contributed by atoms with Crippen LogP contribution in [0.3, 0.4) is 0 Å². The molecule has 3 rings (SSSR count). The number of pyridine rings is 1. The van der Waals surface area contributed by atoms with Crippen molar-refractivity contribution in [2.75, 3.05) is 20.2 Å². The first kappa shape index (κ1) is 16.7. The van der Waals surface area contributed by atoms with Gasteiger partial charge in [0.1, 0.15) is 23.6 Å². The third kappa shape index (κ3) is 3.68. The molecule has 3 aromatic rings. The van der Waals surface area contributed by atoms with Crippen molar-refractivity contribution in [2.24, 2.45) is 0 Å². The minimum Gasteiger partial charge on any atom is -0.492 e. The fraction of sp³-hybridized carbons (Fsp3) is 0.211. The van der Waals surface area contributed by atoms with Crippen LogP contribution in [0.25, 0.3) is 5.65 Å². The predicted molar refractivity (Wildman–Crippen MR) is 95.1 cm³/mol. The average molecular weight is 337 g/mol. The summed E-state index contributed by atoms with van der Waals surface area (Å²) in [6, 6.07) is 12.9. The maximum atomic E-state index is 12.5. The van der Waals surface area contributed by atoms with Crippen LogP contribution in [0.5, 0.6) is 5.75 Å². The summed E-state index contributed by atoms with van der Waals surface area (Å²) >= 11 is 0. The third-order valence-electron chi connectivity index (χ3n) is 3.88. The van der Waals surface area contributed by atoms with Gasteiger partial charge < -0.3 is 9.64 Å². The zero-order valence-electron chi connectivity index (χ0n) is 14.2. The second kappa shape index (κ2) is 7.17. The summed E-state index contributed by atoms with van der Waals surface area (Å²) in [7, 11) is 1.64. The van der Waals surface area contributed by atoms with Crippen molar-refractivity contribution in [2.45, 2.75) is 6.92 Å². The number of carbonyl (C=O) groups is 1. The highest BCUT2D eigenvalue weighted by molar-refractivity contribution is 5.93. The van der Waals surface area contributed by atoms with E-state index >= 15 is 0 Å². The van der Waals surface area contributed by atoms with Gasteiger partial charge in [-0.15, -0.1) is 0 Å². The molecule has 0 radical (unpaired) electrons. The van der Waals surface area contributed by atoms with Crippen molar-refractivity contribution >= 4 is 11.6 Å². The largest absolute Gasteiger partial charge is 0.492 e. The van der Waals surface area contributed by atoms with E-state index in [1.165, 1.54) is 15.5 Å². The first-order valence-electron chi connectivity index (χ1n) is 7.97. The number of rotatable bonds is 5. The van der Waals surface area contributed by atoms with E-state index < -0.39 is 0 Å². The number of fused-ring (bicyclic) bond motifs is 1. The Hall–Kier alpha value is -3.15. The Balaban J connectivity index is 1.68. The van der Waals surface area contributed by atoms with Crippen LogP contribution in [0, 0.1) is 6.92 Å². The van der Waals surface area contributed by atoms with Crippen molar-refractivity contribution in [1.82, 2.24) is 14.3 Å². The van der Waals surface area contributed by atoms with Gasteiger partial charge in [0.2, 0.25) is 0 Å². The number of ether oxygens (including phenoxy) is 1.